The maximum atomic E-state index is 12.3. The summed E-state index contributed by atoms with van der Waals surface area (Å²) >= 11 is 0. The normalized spacial score (nSPS) is 10.5. The van der Waals surface area contributed by atoms with E-state index in [0.29, 0.717) is 28.8 Å². The van der Waals surface area contributed by atoms with E-state index in [1.54, 1.807) is 37.5 Å². The molecule has 0 bridgehead atoms. The highest BCUT2D eigenvalue weighted by Gasteiger charge is 2.16. The van der Waals surface area contributed by atoms with Gasteiger partial charge < -0.3 is 15.2 Å². The molecular weight excluding hydrogens is 296 g/mol. The molecule has 3 heterocycles. The molecule has 0 aliphatic carbocycles. The van der Waals surface area contributed by atoms with Crippen LogP contribution in [0.4, 0.5) is 5.82 Å². The molecule has 23 heavy (non-hydrogen) atoms. The van der Waals surface area contributed by atoms with Crippen molar-refractivity contribution in [3.05, 3.63) is 54.2 Å². The van der Waals surface area contributed by atoms with Gasteiger partial charge in [0, 0.05) is 19.4 Å². The van der Waals surface area contributed by atoms with Gasteiger partial charge in [-0.25, -0.2) is 4.98 Å². The number of carbonyl (C=O) groups excluding carboxylic acids is 1. The van der Waals surface area contributed by atoms with Crippen molar-refractivity contribution < 1.29 is 9.32 Å². The number of amides is 1. The first kappa shape index (κ1) is 14.6. The van der Waals surface area contributed by atoms with Gasteiger partial charge in [-0.2, -0.15) is 4.98 Å². The van der Waals surface area contributed by atoms with Crippen LogP contribution in [-0.4, -0.2) is 38.0 Å². The molecule has 0 aromatic carbocycles. The highest BCUT2D eigenvalue weighted by atomic mass is 16.5. The van der Waals surface area contributed by atoms with Gasteiger partial charge in [0.15, 0.2) is 0 Å². The monoisotopic (exact) mass is 310 g/mol. The van der Waals surface area contributed by atoms with Crippen LogP contribution in [0, 0.1) is 0 Å². The molecule has 8 heteroatoms. The van der Waals surface area contributed by atoms with Crippen molar-refractivity contribution in [2.75, 3.05) is 12.8 Å². The molecule has 0 fully saturated rings. The van der Waals surface area contributed by atoms with Crippen LogP contribution in [0.2, 0.25) is 0 Å². The molecule has 0 aliphatic rings. The average Bonchev–Trinajstić information content (AvgIpc) is 3.04. The summed E-state index contributed by atoms with van der Waals surface area (Å²) in [6.07, 6.45) is 3.08. The van der Waals surface area contributed by atoms with Crippen LogP contribution in [0.5, 0.6) is 0 Å². The van der Waals surface area contributed by atoms with Gasteiger partial charge in [0.1, 0.15) is 11.5 Å². The first-order valence-electron chi connectivity index (χ1n) is 6.84. The quantitative estimate of drug-likeness (QED) is 0.774. The number of anilines is 1. The van der Waals surface area contributed by atoms with E-state index < -0.39 is 0 Å². The summed E-state index contributed by atoms with van der Waals surface area (Å²) in [5.74, 6) is 0.858. The zero-order valence-corrected chi connectivity index (χ0v) is 12.4. The number of nitrogens with zero attached hydrogens (tertiary/aromatic N) is 5. The minimum absolute atomic E-state index is 0.184. The van der Waals surface area contributed by atoms with Crippen molar-refractivity contribution in [2.24, 2.45) is 0 Å². The fourth-order valence-electron chi connectivity index (χ4n) is 1.95. The predicted molar refractivity (Wildman–Crippen MR) is 82.0 cm³/mol. The molecule has 1 amide bonds. The molecular formula is C15H14N6O2. The molecule has 0 saturated carbocycles. The smallest absolute Gasteiger partial charge is 0.255 e. The van der Waals surface area contributed by atoms with Crippen molar-refractivity contribution in [3.63, 3.8) is 0 Å². The van der Waals surface area contributed by atoms with Crippen molar-refractivity contribution in [1.29, 1.82) is 0 Å². The molecule has 116 valence electrons. The number of nitrogens with two attached hydrogens (primary N) is 1. The van der Waals surface area contributed by atoms with Gasteiger partial charge in [-0.15, -0.1) is 0 Å². The highest BCUT2D eigenvalue weighted by Crippen LogP contribution is 2.13. The van der Waals surface area contributed by atoms with Crippen LogP contribution in [0.25, 0.3) is 11.5 Å². The maximum Gasteiger partial charge on any atom is 0.255 e. The number of nitrogen functional groups attached to an aromatic ring is 1. The number of hydrogen-bond acceptors (Lipinski definition) is 7. The maximum absolute atomic E-state index is 12.3. The number of pyridine rings is 2. The molecule has 3 rings (SSSR count). The molecule has 3 aromatic heterocycles. The SMILES string of the molecule is CN(Cc1nc(-c2ccccn2)no1)C(=O)c1ccc(N)nc1. The summed E-state index contributed by atoms with van der Waals surface area (Å²) in [7, 11) is 1.64. The first-order chi connectivity index (χ1) is 11.1. The van der Waals surface area contributed by atoms with E-state index in [4.69, 9.17) is 10.3 Å². The third-order valence-electron chi connectivity index (χ3n) is 3.11. The summed E-state index contributed by atoms with van der Waals surface area (Å²) in [4.78, 5) is 26.0. The van der Waals surface area contributed by atoms with Crippen molar-refractivity contribution in [1.82, 2.24) is 25.0 Å². The summed E-state index contributed by atoms with van der Waals surface area (Å²) in [5, 5.41) is 3.87. The Morgan fingerprint density at radius 1 is 1.26 bits per heavy atom. The van der Waals surface area contributed by atoms with Gasteiger partial charge in [0.05, 0.1) is 12.1 Å². The molecule has 0 spiro atoms. The average molecular weight is 310 g/mol. The molecule has 0 radical (unpaired) electrons. The summed E-state index contributed by atoms with van der Waals surface area (Å²) in [6.45, 7) is 0.184. The standard InChI is InChI=1S/C15H14N6O2/c1-21(15(22)10-5-6-12(16)18-8-10)9-13-19-14(20-23-13)11-4-2-3-7-17-11/h2-8H,9H2,1H3,(H2,16,18). The largest absolute Gasteiger partial charge is 0.384 e. The van der Waals surface area contributed by atoms with E-state index in [1.807, 2.05) is 6.07 Å². The molecule has 8 nitrogen and oxygen atoms in total. The number of aromatic nitrogens is 4. The molecule has 0 aliphatic heterocycles. The minimum Gasteiger partial charge on any atom is -0.384 e. The van der Waals surface area contributed by atoms with Crippen molar-refractivity contribution >= 4 is 11.7 Å². The topological polar surface area (TPSA) is 111 Å². The Morgan fingerprint density at radius 3 is 2.83 bits per heavy atom. The van der Waals surface area contributed by atoms with E-state index >= 15 is 0 Å². The molecule has 0 saturated heterocycles. The Hall–Kier alpha value is -3.29. The Morgan fingerprint density at radius 2 is 2.13 bits per heavy atom. The molecule has 0 atom stereocenters. The third kappa shape index (κ3) is 3.31. The lowest BCUT2D eigenvalue weighted by Crippen LogP contribution is -2.26. The van der Waals surface area contributed by atoms with Crippen LogP contribution in [0.15, 0.2) is 47.2 Å². The molecule has 2 N–H and O–H groups in total. The summed E-state index contributed by atoms with van der Waals surface area (Å²) < 4.78 is 5.16. The molecule has 3 aromatic rings. The van der Waals surface area contributed by atoms with Crippen LogP contribution in [0.1, 0.15) is 16.2 Å². The van der Waals surface area contributed by atoms with Crippen molar-refractivity contribution in [2.45, 2.75) is 6.54 Å². The lowest BCUT2D eigenvalue weighted by molar-refractivity contribution is 0.0769. The fraction of sp³-hybridized carbons (Fsp3) is 0.133. The second-order valence-electron chi connectivity index (χ2n) is 4.86. The number of hydrogen-bond donors (Lipinski definition) is 1. The zero-order valence-electron chi connectivity index (χ0n) is 12.4. The number of carbonyl (C=O) groups is 1. The highest BCUT2D eigenvalue weighted by molar-refractivity contribution is 5.93. The van der Waals surface area contributed by atoms with E-state index in [0.717, 1.165) is 0 Å². The van der Waals surface area contributed by atoms with Gasteiger partial charge in [-0.05, 0) is 24.3 Å². The van der Waals surface area contributed by atoms with E-state index in [1.165, 1.54) is 11.1 Å². The fourth-order valence-corrected chi connectivity index (χ4v) is 1.95. The lowest BCUT2D eigenvalue weighted by atomic mass is 10.2. The van der Waals surface area contributed by atoms with E-state index in [-0.39, 0.29) is 12.5 Å². The van der Waals surface area contributed by atoms with Gasteiger partial charge in [0.2, 0.25) is 11.7 Å². The predicted octanol–water partition coefficient (Wildman–Crippen LogP) is 1.38. The van der Waals surface area contributed by atoms with Gasteiger partial charge in [-0.3, -0.25) is 9.78 Å². The van der Waals surface area contributed by atoms with Crippen LogP contribution in [0.3, 0.4) is 0 Å². The van der Waals surface area contributed by atoms with Crippen LogP contribution >= 0.6 is 0 Å². The van der Waals surface area contributed by atoms with E-state index in [9.17, 15) is 4.79 Å². The molecule has 0 unspecified atom stereocenters. The first-order valence-corrected chi connectivity index (χ1v) is 6.84. The second-order valence-corrected chi connectivity index (χ2v) is 4.86. The van der Waals surface area contributed by atoms with Gasteiger partial charge in [-0.1, -0.05) is 11.2 Å². The lowest BCUT2D eigenvalue weighted by Gasteiger charge is -2.14. The summed E-state index contributed by atoms with van der Waals surface area (Å²) in [6, 6.07) is 8.62. The Kier molecular flexibility index (Phi) is 3.96. The van der Waals surface area contributed by atoms with Gasteiger partial charge >= 0.3 is 0 Å². The van der Waals surface area contributed by atoms with Crippen LogP contribution < -0.4 is 5.73 Å². The van der Waals surface area contributed by atoms with Crippen LogP contribution in [-0.2, 0) is 6.54 Å². The zero-order chi connectivity index (χ0) is 16.2. The van der Waals surface area contributed by atoms with E-state index in [2.05, 4.69) is 20.1 Å². The summed E-state index contributed by atoms with van der Waals surface area (Å²) in [5.41, 5.74) is 6.56. The van der Waals surface area contributed by atoms with Gasteiger partial charge in [0.25, 0.3) is 5.91 Å². The third-order valence-corrected chi connectivity index (χ3v) is 3.11. The van der Waals surface area contributed by atoms with Crippen molar-refractivity contribution in [3.8, 4) is 11.5 Å². The second kappa shape index (κ2) is 6.22. The Labute approximate surface area is 132 Å². The minimum atomic E-state index is -0.213. The Bertz CT molecular complexity index is 800. The number of rotatable bonds is 4. The Balaban J connectivity index is 1.71.